The van der Waals surface area contributed by atoms with E-state index < -0.39 is 35.0 Å². The molecule has 3 aliphatic rings. The Morgan fingerprint density at radius 2 is 1.63 bits per heavy atom. The number of alkyl halides is 1. The highest BCUT2D eigenvalue weighted by molar-refractivity contribution is 6.00. The van der Waals surface area contributed by atoms with Gasteiger partial charge in [-0.15, -0.1) is 0 Å². The molecular weight excluding hydrogens is 834 g/mol. The second-order valence-electron chi connectivity index (χ2n) is 17.9. The number of amides is 2. The Labute approximate surface area is 376 Å². The maximum Gasteiger partial charge on any atom is 0.410 e. The van der Waals surface area contributed by atoms with Crippen molar-refractivity contribution in [3.63, 3.8) is 0 Å². The quantitative estimate of drug-likeness (QED) is 0.101. The van der Waals surface area contributed by atoms with Crippen LogP contribution in [0.5, 0.6) is 11.9 Å². The van der Waals surface area contributed by atoms with Crippen molar-refractivity contribution < 1.29 is 37.0 Å². The highest BCUT2D eigenvalue weighted by Crippen LogP contribution is 2.41. The summed E-state index contributed by atoms with van der Waals surface area (Å²) in [5.41, 5.74) is 1.37. The molecular formula is C51H53F3N6O5. The van der Waals surface area contributed by atoms with E-state index in [2.05, 4.69) is 25.2 Å². The molecule has 3 saturated heterocycles. The highest BCUT2D eigenvalue weighted by Gasteiger charge is 2.49. The van der Waals surface area contributed by atoms with E-state index in [0.29, 0.717) is 67.2 Å². The fraction of sp³-hybridized carbons (Fsp3) is 0.392. The topological polar surface area (TPSA) is 119 Å². The number of hydrogen-bond acceptors (Lipinski definition) is 9. The number of benzene rings is 4. The zero-order chi connectivity index (χ0) is 45.0. The van der Waals surface area contributed by atoms with Crippen LogP contribution in [0.1, 0.15) is 75.0 Å². The van der Waals surface area contributed by atoms with Gasteiger partial charge in [-0.3, -0.25) is 14.7 Å². The molecule has 0 unspecified atom stereocenters. The van der Waals surface area contributed by atoms with E-state index in [1.54, 1.807) is 23.1 Å². The van der Waals surface area contributed by atoms with Crippen molar-refractivity contribution in [2.24, 2.45) is 0 Å². The zero-order valence-corrected chi connectivity index (χ0v) is 36.5. The Bertz CT molecular complexity index is 2680. The molecule has 14 heteroatoms. The minimum absolute atomic E-state index is 0.0247. The molecule has 0 aliphatic carbocycles. The molecule has 338 valence electrons. The van der Waals surface area contributed by atoms with Crippen LogP contribution in [0.15, 0.2) is 97.2 Å². The van der Waals surface area contributed by atoms with Gasteiger partial charge in [0, 0.05) is 44.2 Å². The van der Waals surface area contributed by atoms with E-state index in [-0.39, 0.29) is 67.1 Å². The third-order valence-electron chi connectivity index (χ3n) is 13.1. The van der Waals surface area contributed by atoms with Crippen LogP contribution in [-0.4, -0.2) is 86.8 Å². The number of fused-ring (bicyclic) bond motifs is 3. The summed E-state index contributed by atoms with van der Waals surface area (Å²) in [5, 5.41) is 4.61. The van der Waals surface area contributed by atoms with Crippen molar-refractivity contribution in [3.8, 4) is 23.1 Å². The third kappa shape index (κ3) is 9.73. The number of ether oxygens (including phenoxy) is 3. The number of carbonyl (C=O) groups is 2. The largest absolute Gasteiger partial charge is 0.472 e. The minimum atomic E-state index is -0.949. The van der Waals surface area contributed by atoms with Crippen LogP contribution >= 0.6 is 0 Å². The number of nitrogens with one attached hydrogen (secondary N) is 1. The van der Waals surface area contributed by atoms with Crippen molar-refractivity contribution in [3.05, 3.63) is 126 Å². The summed E-state index contributed by atoms with van der Waals surface area (Å²) in [4.78, 5) is 43.7. The van der Waals surface area contributed by atoms with Gasteiger partial charge in [-0.2, -0.15) is 9.97 Å². The summed E-state index contributed by atoms with van der Waals surface area (Å²) >= 11 is 0. The van der Waals surface area contributed by atoms with Gasteiger partial charge in [-0.25, -0.2) is 18.0 Å². The number of halogens is 3. The number of carbonyl (C=O) groups excluding carboxylic acids is 2. The monoisotopic (exact) mass is 886 g/mol. The number of aromatic nitrogens is 3. The first kappa shape index (κ1) is 43.9. The van der Waals surface area contributed by atoms with Crippen LogP contribution in [0, 0.1) is 11.6 Å². The van der Waals surface area contributed by atoms with Gasteiger partial charge in [-0.1, -0.05) is 84.9 Å². The summed E-state index contributed by atoms with van der Waals surface area (Å²) in [6.45, 7) is 4.43. The molecule has 3 atom stereocenters. The van der Waals surface area contributed by atoms with Crippen LogP contribution in [0.2, 0.25) is 0 Å². The molecule has 4 aromatic carbocycles. The maximum atomic E-state index is 17.2. The average Bonchev–Trinajstić information content (AvgIpc) is 3.85. The second kappa shape index (κ2) is 19.1. The Morgan fingerprint density at radius 3 is 2.43 bits per heavy atom. The van der Waals surface area contributed by atoms with Gasteiger partial charge in [0.1, 0.15) is 43.0 Å². The van der Waals surface area contributed by atoms with E-state index in [1.165, 1.54) is 12.3 Å². The zero-order valence-electron chi connectivity index (χ0n) is 36.5. The Balaban J connectivity index is 0.916. The number of hydrogen-bond donors (Lipinski definition) is 1. The Morgan fingerprint density at radius 1 is 0.862 bits per heavy atom. The fourth-order valence-corrected chi connectivity index (χ4v) is 9.91. The smallest absolute Gasteiger partial charge is 0.410 e. The molecule has 9 rings (SSSR count). The van der Waals surface area contributed by atoms with E-state index in [1.807, 2.05) is 73.7 Å². The van der Waals surface area contributed by atoms with Gasteiger partial charge in [0.25, 0.3) is 0 Å². The molecule has 11 nitrogen and oxygen atoms in total. The van der Waals surface area contributed by atoms with Crippen LogP contribution in [-0.2, 0) is 29.2 Å². The summed E-state index contributed by atoms with van der Waals surface area (Å²) in [6.07, 6.45) is 5.06. The molecule has 2 amide bonds. The molecule has 65 heavy (non-hydrogen) atoms. The van der Waals surface area contributed by atoms with E-state index in [9.17, 15) is 14.0 Å². The van der Waals surface area contributed by atoms with Crippen LogP contribution in [0.3, 0.4) is 0 Å². The number of pyridine rings is 1. The molecule has 0 bridgehead atoms. The van der Waals surface area contributed by atoms with Gasteiger partial charge in [0.05, 0.1) is 16.5 Å². The highest BCUT2D eigenvalue weighted by atomic mass is 19.1. The van der Waals surface area contributed by atoms with E-state index in [4.69, 9.17) is 14.2 Å². The van der Waals surface area contributed by atoms with E-state index in [0.717, 1.165) is 36.9 Å². The molecule has 6 aromatic rings. The van der Waals surface area contributed by atoms with Gasteiger partial charge in [0.2, 0.25) is 11.8 Å². The Hall–Kier alpha value is -6.28. The van der Waals surface area contributed by atoms with Crippen LogP contribution in [0.4, 0.5) is 18.0 Å². The van der Waals surface area contributed by atoms with Crippen molar-refractivity contribution in [1.29, 1.82) is 0 Å². The predicted octanol–water partition coefficient (Wildman–Crippen LogP) is 9.68. The second-order valence-corrected chi connectivity index (χ2v) is 17.9. The van der Waals surface area contributed by atoms with Crippen LogP contribution in [0.25, 0.3) is 32.9 Å². The molecule has 0 radical (unpaired) electrons. The molecule has 5 heterocycles. The fourth-order valence-electron chi connectivity index (χ4n) is 9.91. The SMILES string of the molecule is C[C@@]1(NC(=O)CCCCc2c(F)ccc3cccc(-c4ncc5c(OCc6ccccc6)nc(OC[C@@]67CCCN6C[C@H](F)C7)nc5c4F)c23)CCCN(C(=O)OCc2ccccc2)C1. The lowest BCUT2D eigenvalue weighted by Gasteiger charge is -2.40. The maximum absolute atomic E-state index is 17.2. The summed E-state index contributed by atoms with van der Waals surface area (Å²) in [7, 11) is 0. The average molecular weight is 887 g/mol. The molecule has 0 saturated carbocycles. The first-order valence-corrected chi connectivity index (χ1v) is 22.6. The lowest BCUT2D eigenvalue weighted by Crippen LogP contribution is -2.58. The molecule has 1 N–H and O–H groups in total. The summed E-state index contributed by atoms with van der Waals surface area (Å²) in [6, 6.07) is 27.3. The van der Waals surface area contributed by atoms with Gasteiger partial charge in [-0.05, 0) is 91.9 Å². The van der Waals surface area contributed by atoms with Crippen molar-refractivity contribution in [2.45, 2.75) is 95.2 Å². The lowest BCUT2D eigenvalue weighted by molar-refractivity contribution is -0.123. The van der Waals surface area contributed by atoms with Gasteiger partial charge < -0.3 is 24.4 Å². The minimum Gasteiger partial charge on any atom is -0.472 e. The molecule has 3 fully saturated rings. The third-order valence-corrected chi connectivity index (χ3v) is 13.1. The first-order chi connectivity index (χ1) is 31.6. The van der Waals surface area contributed by atoms with Crippen molar-refractivity contribution in [1.82, 2.24) is 30.1 Å². The number of likely N-dealkylation sites (tertiary alicyclic amines) is 1. The lowest BCUT2D eigenvalue weighted by atomic mass is 9.90. The van der Waals surface area contributed by atoms with Crippen molar-refractivity contribution in [2.75, 3.05) is 32.8 Å². The van der Waals surface area contributed by atoms with Crippen LogP contribution < -0.4 is 14.8 Å². The molecule has 0 spiro atoms. The molecule has 3 aliphatic heterocycles. The summed E-state index contributed by atoms with van der Waals surface area (Å²) < 4.78 is 65.6. The Kier molecular flexibility index (Phi) is 12.9. The number of aryl methyl sites for hydroxylation is 1. The van der Waals surface area contributed by atoms with Gasteiger partial charge in [0.15, 0.2) is 5.82 Å². The summed E-state index contributed by atoms with van der Waals surface area (Å²) in [5.74, 6) is -1.25. The van der Waals surface area contributed by atoms with Gasteiger partial charge >= 0.3 is 12.1 Å². The standard InChI is InChI=1S/C51H53F3N6O5/c1-50(23-11-25-59(32-50)49(62)64-31-35-15-6-3-7-16-35)58-42(61)20-9-8-18-38-41(53)22-21-36-17-10-19-39(43(36)38)45-44(54)46-40(28-55-45)47(63-30-34-13-4-2-5-14-34)57-48(56-46)65-33-51-24-12-26-60(51)29-37(52)27-51/h2-7,10,13-17,19,21-22,28,37H,8-9,11-12,18,20,23-27,29-33H2,1H3,(H,58,61)/t37-,50-,51+/m1/s1. The number of unbranched alkanes of at least 4 members (excludes halogenated alkanes) is 1. The normalized spacial score (nSPS) is 20.8. The van der Waals surface area contributed by atoms with E-state index >= 15 is 8.78 Å². The van der Waals surface area contributed by atoms with Crippen molar-refractivity contribution >= 4 is 33.7 Å². The number of rotatable bonds is 15. The predicted molar refractivity (Wildman–Crippen MR) is 241 cm³/mol. The number of piperidine rings is 1. The first-order valence-electron chi connectivity index (χ1n) is 22.6. The molecule has 2 aromatic heterocycles. The number of nitrogens with zero attached hydrogens (tertiary/aromatic N) is 5.